The summed E-state index contributed by atoms with van der Waals surface area (Å²) in [5.74, 6) is 0.743. The average Bonchev–Trinajstić information content (AvgIpc) is 2.54. The first kappa shape index (κ1) is 16.2. The van der Waals surface area contributed by atoms with Crippen LogP contribution in [0.1, 0.15) is 49.7 Å². The van der Waals surface area contributed by atoms with E-state index in [1.165, 1.54) is 24.0 Å². The molecule has 2 aliphatic carbocycles. The van der Waals surface area contributed by atoms with Crippen molar-refractivity contribution < 1.29 is 18.3 Å². The van der Waals surface area contributed by atoms with Crippen LogP contribution < -0.4 is 0 Å². The molecule has 1 saturated carbocycles. The van der Waals surface area contributed by atoms with Crippen LogP contribution in [0.15, 0.2) is 18.2 Å². The number of nitrogens with zero attached hydrogens (tertiary/aromatic N) is 1. The lowest BCUT2D eigenvalue weighted by molar-refractivity contribution is -0.143. The molecule has 3 atom stereocenters. The maximum atomic E-state index is 12.7. The van der Waals surface area contributed by atoms with Crippen molar-refractivity contribution in [2.75, 3.05) is 13.1 Å². The van der Waals surface area contributed by atoms with Crippen molar-refractivity contribution in [2.45, 2.75) is 62.6 Å². The van der Waals surface area contributed by atoms with Crippen LogP contribution in [-0.2, 0) is 11.8 Å². The number of phenolic OH excluding ortho intramolecular Hbond substituents is 1. The van der Waals surface area contributed by atoms with Crippen molar-refractivity contribution in [3.05, 3.63) is 29.3 Å². The van der Waals surface area contributed by atoms with Crippen LogP contribution in [-0.4, -0.2) is 35.3 Å². The Morgan fingerprint density at radius 1 is 1.21 bits per heavy atom. The Morgan fingerprint density at radius 3 is 2.83 bits per heavy atom. The highest BCUT2D eigenvalue weighted by molar-refractivity contribution is 5.45. The number of likely N-dealkylation sites (tertiary alicyclic amines) is 1. The van der Waals surface area contributed by atoms with Gasteiger partial charge in [-0.2, -0.15) is 13.2 Å². The smallest absolute Gasteiger partial charge is 0.390 e. The minimum Gasteiger partial charge on any atom is -0.508 e. The van der Waals surface area contributed by atoms with Gasteiger partial charge in [0.2, 0.25) is 0 Å². The molecule has 1 N–H and O–H groups in total. The summed E-state index contributed by atoms with van der Waals surface area (Å²) in [5.41, 5.74) is 2.58. The van der Waals surface area contributed by atoms with E-state index in [-0.39, 0.29) is 18.0 Å². The third kappa shape index (κ3) is 2.61. The number of aromatic hydroxyl groups is 1. The Labute approximate surface area is 140 Å². The predicted molar refractivity (Wildman–Crippen MR) is 86.1 cm³/mol. The van der Waals surface area contributed by atoms with Crippen molar-refractivity contribution in [1.29, 1.82) is 0 Å². The Kier molecular flexibility index (Phi) is 3.83. The number of alkyl halides is 3. The molecule has 0 amide bonds. The lowest BCUT2D eigenvalue weighted by atomic mass is 9.52. The zero-order valence-electron chi connectivity index (χ0n) is 13.8. The molecular formula is C19H24F3NO. The average molecular weight is 339 g/mol. The molecular weight excluding hydrogens is 315 g/mol. The summed E-state index contributed by atoms with van der Waals surface area (Å²) in [6, 6.07) is 5.85. The molecule has 4 rings (SSSR count). The van der Waals surface area contributed by atoms with Crippen LogP contribution >= 0.6 is 0 Å². The van der Waals surface area contributed by atoms with Gasteiger partial charge in [0, 0.05) is 18.0 Å². The van der Waals surface area contributed by atoms with Crippen molar-refractivity contribution in [3.8, 4) is 5.75 Å². The second-order valence-electron chi connectivity index (χ2n) is 7.77. The predicted octanol–water partition coefficient (Wildman–Crippen LogP) is 4.40. The van der Waals surface area contributed by atoms with Crippen molar-refractivity contribution in [3.63, 3.8) is 0 Å². The first-order valence-electron chi connectivity index (χ1n) is 9.02. The summed E-state index contributed by atoms with van der Waals surface area (Å²) in [7, 11) is 0. The molecule has 0 unspecified atom stereocenters. The maximum absolute atomic E-state index is 12.7. The van der Waals surface area contributed by atoms with E-state index in [1.54, 1.807) is 6.07 Å². The molecule has 1 heterocycles. The van der Waals surface area contributed by atoms with E-state index in [4.69, 9.17) is 0 Å². The molecule has 3 aliphatic rings. The molecule has 0 spiro atoms. The topological polar surface area (TPSA) is 23.5 Å². The number of piperidine rings is 1. The molecule has 0 aromatic heterocycles. The maximum Gasteiger partial charge on any atom is 0.390 e. The van der Waals surface area contributed by atoms with Crippen molar-refractivity contribution in [1.82, 2.24) is 4.90 Å². The molecule has 132 valence electrons. The second kappa shape index (κ2) is 5.65. The molecule has 5 heteroatoms. The number of halogens is 3. The molecule has 1 saturated heterocycles. The van der Waals surface area contributed by atoms with E-state index in [9.17, 15) is 18.3 Å². The third-order valence-corrected chi connectivity index (χ3v) is 6.62. The van der Waals surface area contributed by atoms with Crippen LogP contribution in [0.2, 0.25) is 0 Å². The van der Waals surface area contributed by atoms with Crippen LogP contribution in [0.25, 0.3) is 0 Å². The van der Waals surface area contributed by atoms with E-state index in [0.29, 0.717) is 11.7 Å². The van der Waals surface area contributed by atoms with Gasteiger partial charge in [0.25, 0.3) is 0 Å². The van der Waals surface area contributed by atoms with Gasteiger partial charge in [-0.1, -0.05) is 18.9 Å². The summed E-state index contributed by atoms with van der Waals surface area (Å²) >= 11 is 0. The quantitative estimate of drug-likeness (QED) is 0.863. The minimum atomic E-state index is -4.08. The highest BCUT2D eigenvalue weighted by Gasteiger charge is 2.53. The Balaban J connectivity index is 1.68. The summed E-state index contributed by atoms with van der Waals surface area (Å²) in [6.07, 6.45) is 1.50. The van der Waals surface area contributed by atoms with Gasteiger partial charge in [0.15, 0.2) is 0 Å². The second-order valence-corrected chi connectivity index (χ2v) is 7.77. The Bertz CT molecular complexity index is 630. The van der Waals surface area contributed by atoms with E-state index in [2.05, 4.69) is 4.90 Å². The lowest BCUT2D eigenvalue weighted by Crippen LogP contribution is -2.61. The summed E-state index contributed by atoms with van der Waals surface area (Å²) in [6.45, 7) is 0.862. The monoisotopic (exact) mass is 339 g/mol. The molecule has 2 nitrogen and oxygen atoms in total. The number of hydrogen-bond acceptors (Lipinski definition) is 2. The standard InChI is InChI=1S/C19H24F3NO/c20-19(21,22)8-10-23-9-7-18-6-2-1-3-15(18)17(23)11-13-4-5-14(24)12-16(13)18/h4-5,12,15,17,24H,1-3,6-11H2/t15-,17+,18+/m0/s1. The van der Waals surface area contributed by atoms with E-state index >= 15 is 0 Å². The normalized spacial score (nSPS) is 33.0. The Morgan fingerprint density at radius 2 is 2.04 bits per heavy atom. The largest absolute Gasteiger partial charge is 0.508 e. The summed E-state index contributed by atoms with van der Waals surface area (Å²) in [4.78, 5) is 2.09. The third-order valence-electron chi connectivity index (χ3n) is 6.62. The first-order valence-corrected chi connectivity index (χ1v) is 9.02. The number of hydrogen-bond donors (Lipinski definition) is 1. The first-order chi connectivity index (χ1) is 11.4. The Hall–Kier alpha value is -1.23. The van der Waals surface area contributed by atoms with Crippen LogP contribution in [0.3, 0.4) is 0 Å². The molecule has 1 aromatic carbocycles. The highest BCUT2D eigenvalue weighted by Crippen LogP contribution is 2.56. The zero-order chi connectivity index (χ0) is 16.9. The SMILES string of the molecule is Oc1ccc2c(c1)[C@@]13CCCC[C@H]1[C@@H](C2)N(CCC(F)(F)F)CC3. The van der Waals surface area contributed by atoms with Gasteiger partial charge in [0.05, 0.1) is 6.42 Å². The number of benzene rings is 1. The zero-order valence-corrected chi connectivity index (χ0v) is 13.8. The van der Waals surface area contributed by atoms with Gasteiger partial charge in [-0.05, 0) is 61.4 Å². The minimum absolute atomic E-state index is 0.0734. The molecule has 24 heavy (non-hydrogen) atoms. The van der Waals surface area contributed by atoms with E-state index in [1.807, 2.05) is 12.1 Å². The molecule has 1 aliphatic heterocycles. The molecule has 0 radical (unpaired) electrons. The van der Waals surface area contributed by atoms with Gasteiger partial charge in [-0.25, -0.2) is 0 Å². The summed E-state index contributed by atoms with van der Waals surface area (Å²) in [5, 5.41) is 9.96. The van der Waals surface area contributed by atoms with Gasteiger partial charge >= 0.3 is 6.18 Å². The summed E-state index contributed by atoms with van der Waals surface area (Å²) < 4.78 is 38.1. The van der Waals surface area contributed by atoms with Gasteiger partial charge in [-0.3, -0.25) is 4.90 Å². The fourth-order valence-electron chi connectivity index (χ4n) is 5.62. The number of fused-ring (bicyclic) bond motifs is 1. The molecule has 2 bridgehead atoms. The highest BCUT2D eigenvalue weighted by atomic mass is 19.4. The molecule has 1 aromatic rings. The van der Waals surface area contributed by atoms with Crippen LogP contribution in [0.5, 0.6) is 5.75 Å². The van der Waals surface area contributed by atoms with Crippen LogP contribution in [0.4, 0.5) is 13.2 Å². The molecule has 2 fully saturated rings. The number of rotatable bonds is 2. The fourth-order valence-corrected chi connectivity index (χ4v) is 5.62. The fraction of sp³-hybridized carbons (Fsp3) is 0.684. The van der Waals surface area contributed by atoms with E-state index < -0.39 is 12.6 Å². The van der Waals surface area contributed by atoms with Crippen LogP contribution in [0, 0.1) is 5.92 Å². The van der Waals surface area contributed by atoms with Gasteiger partial charge in [0.1, 0.15) is 5.75 Å². The van der Waals surface area contributed by atoms with Gasteiger partial charge in [-0.15, -0.1) is 0 Å². The van der Waals surface area contributed by atoms with Crippen molar-refractivity contribution >= 4 is 0 Å². The number of phenols is 1. The van der Waals surface area contributed by atoms with Gasteiger partial charge < -0.3 is 5.11 Å². The van der Waals surface area contributed by atoms with E-state index in [0.717, 1.165) is 32.2 Å². The van der Waals surface area contributed by atoms with Crippen molar-refractivity contribution in [2.24, 2.45) is 5.92 Å². The lowest BCUT2D eigenvalue weighted by Gasteiger charge is -2.59.